The third kappa shape index (κ3) is 2.82. The fraction of sp³-hybridized carbons (Fsp3) is 0.500. The van der Waals surface area contributed by atoms with Crippen molar-refractivity contribution in [2.45, 2.75) is 20.8 Å². The first-order valence-corrected chi connectivity index (χ1v) is 4.87. The minimum atomic E-state index is -0.953. The molecule has 1 heterocycles. The summed E-state index contributed by atoms with van der Waals surface area (Å²) in [5.74, 6) is -1.48. The maximum Gasteiger partial charge on any atom is 0.308 e. The molecule has 1 aromatic heterocycles. The van der Waals surface area contributed by atoms with Crippen LogP contribution in [0.1, 0.15) is 29.1 Å². The average molecular weight is 226 g/mol. The number of hydrogen-bond donors (Lipinski definition) is 2. The normalized spacial score (nSPS) is 12.2. The molecule has 88 valence electrons. The largest absolute Gasteiger partial charge is 0.481 e. The van der Waals surface area contributed by atoms with Gasteiger partial charge in [0.05, 0.1) is 11.6 Å². The second-order valence-electron chi connectivity index (χ2n) is 3.60. The molecule has 0 radical (unpaired) electrons. The van der Waals surface area contributed by atoms with Crippen LogP contribution >= 0.6 is 0 Å². The van der Waals surface area contributed by atoms with Crippen molar-refractivity contribution in [2.75, 3.05) is 6.54 Å². The van der Waals surface area contributed by atoms with E-state index in [0.717, 1.165) is 0 Å². The first kappa shape index (κ1) is 12.2. The van der Waals surface area contributed by atoms with Gasteiger partial charge in [-0.1, -0.05) is 6.92 Å². The van der Waals surface area contributed by atoms with Gasteiger partial charge in [-0.2, -0.15) is 0 Å². The highest BCUT2D eigenvalue weighted by Gasteiger charge is 2.18. The number of oxazole rings is 1. The maximum absolute atomic E-state index is 11.6. The van der Waals surface area contributed by atoms with E-state index in [-0.39, 0.29) is 12.3 Å². The van der Waals surface area contributed by atoms with Crippen molar-refractivity contribution < 1.29 is 19.1 Å². The zero-order chi connectivity index (χ0) is 12.3. The minimum Gasteiger partial charge on any atom is -0.481 e. The van der Waals surface area contributed by atoms with Gasteiger partial charge in [0.2, 0.25) is 5.76 Å². The molecular weight excluding hydrogens is 212 g/mol. The van der Waals surface area contributed by atoms with Crippen LogP contribution in [0.5, 0.6) is 0 Å². The number of aromatic nitrogens is 1. The van der Waals surface area contributed by atoms with Gasteiger partial charge in [0.25, 0.3) is 5.91 Å². The number of carboxylic acids is 1. The van der Waals surface area contributed by atoms with E-state index in [9.17, 15) is 9.59 Å². The quantitative estimate of drug-likeness (QED) is 0.790. The van der Waals surface area contributed by atoms with Crippen LogP contribution in [0, 0.1) is 19.8 Å². The molecule has 16 heavy (non-hydrogen) atoms. The van der Waals surface area contributed by atoms with Crippen LogP contribution in [0.25, 0.3) is 0 Å². The molecule has 1 amide bonds. The number of carbonyl (C=O) groups excluding carboxylic acids is 1. The molecule has 0 fully saturated rings. The zero-order valence-corrected chi connectivity index (χ0v) is 9.40. The summed E-state index contributed by atoms with van der Waals surface area (Å²) in [6.45, 7) is 4.88. The predicted molar refractivity (Wildman–Crippen MR) is 55.1 cm³/mol. The highest BCUT2D eigenvalue weighted by molar-refractivity contribution is 5.92. The number of nitrogens with one attached hydrogen (secondary N) is 1. The molecule has 0 aromatic carbocycles. The van der Waals surface area contributed by atoms with Gasteiger partial charge < -0.3 is 14.8 Å². The summed E-state index contributed by atoms with van der Waals surface area (Å²) in [6.07, 6.45) is 0. The van der Waals surface area contributed by atoms with Gasteiger partial charge in [-0.3, -0.25) is 9.59 Å². The van der Waals surface area contributed by atoms with Crippen LogP contribution in [0.3, 0.4) is 0 Å². The Bertz CT molecular complexity index is 411. The maximum atomic E-state index is 11.6. The molecule has 6 nitrogen and oxygen atoms in total. The summed E-state index contributed by atoms with van der Waals surface area (Å²) in [7, 11) is 0. The molecular formula is C10H14N2O4. The Morgan fingerprint density at radius 3 is 2.56 bits per heavy atom. The summed E-state index contributed by atoms with van der Waals surface area (Å²) in [5, 5.41) is 11.1. The molecule has 2 N–H and O–H groups in total. The van der Waals surface area contributed by atoms with Crippen LogP contribution in [0.2, 0.25) is 0 Å². The summed E-state index contributed by atoms with van der Waals surface area (Å²) in [6, 6.07) is 0. The Balaban J connectivity index is 2.60. The van der Waals surface area contributed by atoms with Crippen LogP contribution in [0.15, 0.2) is 4.42 Å². The van der Waals surface area contributed by atoms with E-state index in [1.54, 1.807) is 13.8 Å². The molecule has 1 rings (SSSR count). The lowest BCUT2D eigenvalue weighted by Crippen LogP contribution is -2.31. The smallest absolute Gasteiger partial charge is 0.308 e. The Labute approximate surface area is 92.7 Å². The van der Waals surface area contributed by atoms with Gasteiger partial charge >= 0.3 is 5.97 Å². The molecule has 6 heteroatoms. The standard InChI is InChI=1S/C10H14N2O4/c1-5(10(14)15)4-11-9(13)8-6(2)12-7(3)16-8/h5H,4H2,1-3H3,(H,11,13)(H,14,15)/t5-/m1/s1. The van der Waals surface area contributed by atoms with Crippen molar-refractivity contribution in [3.05, 3.63) is 17.3 Å². The molecule has 0 aliphatic heterocycles. The summed E-state index contributed by atoms with van der Waals surface area (Å²) < 4.78 is 5.10. The van der Waals surface area contributed by atoms with Crippen molar-refractivity contribution in [1.29, 1.82) is 0 Å². The van der Waals surface area contributed by atoms with Crippen LogP contribution in [-0.4, -0.2) is 28.5 Å². The van der Waals surface area contributed by atoms with E-state index in [1.165, 1.54) is 6.92 Å². The number of nitrogens with zero attached hydrogens (tertiary/aromatic N) is 1. The molecule has 0 aliphatic rings. The van der Waals surface area contributed by atoms with Crippen molar-refractivity contribution in [3.8, 4) is 0 Å². The monoisotopic (exact) mass is 226 g/mol. The van der Waals surface area contributed by atoms with Gasteiger partial charge in [0.1, 0.15) is 0 Å². The van der Waals surface area contributed by atoms with E-state index in [4.69, 9.17) is 9.52 Å². The number of aryl methyl sites for hydroxylation is 2. The second kappa shape index (κ2) is 4.78. The van der Waals surface area contributed by atoms with Crippen LogP contribution in [0.4, 0.5) is 0 Å². The fourth-order valence-corrected chi connectivity index (χ4v) is 1.16. The first-order chi connectivity index (χ1) is 7.41. The van der Waals surface area contributed by atoms with Gasteiger partial charge in [0, 0.05) is 13.5 Å². The van der Waals surface area contributed by atoms with Gasteiger partial charge in [-0.05, 0) is 6.92 Å². The molecule has 0 bridgehead atoms. The highest BCUT2D eigenvalue weighted by atomic mass is 16.4. The molecule has 0 saturated heterocycles. The summed E-state index contributed by atoms with van der Waals surface area (Å²) in [5.41, 5.74) is 0.498. The van der Waals surface area contributed by atoms with Gasteiger partial charge in [0.15, 0.2) is 5.89 Å². The molecule has 0 unspecified atom stereocenters. The Morgan fingerprint density at radius 2 is 2.12 bits per heavy atom. The van der Waals surface area contributed by atoms with Crippen LogP contribution in [-0.2, 0) is 4.79 Å². The lowest BCUT2D eigenvalue weighted by Gasteiger charge is -2.06. The zero-order valence-electron chi connectivity index (χ0n) is 9.40. The molecule has 1 atom stereocenters. The Kier molecular flexibility index (Phi) is 3.65. The minimum absolute atomic E-state index is 0.0629. The Morgan fingerprint density at radius 1 is 1.50 bits per heavy atom. The highest BCUT2D eigenvalue weighted by Crippen LogP contribution is 2.08. The van der Waals surface area contributed by atoms with E-state index in [0.29, 0.717) is 11.6 Å². The lowest BCUT2D eigenvalue weighted by atomic mass is 10.2. The van der Waals surface area contributed by atoms with Crippen molar-refractivity contribution in [1.82, 2.24) is 10.3 Å². The Hall–Kier alpha value is -1.85. The van der Waals surface area contributed by atoms with Crippen molar-refractivity contribution in [3.63, 3.8) is 0 Å². The number of rotatable bonds is 4. The molecule has 0 spiro atoms. The van der Waals surface area contributed by atoms with Crippen molar-refractivity contribution in [2.24, 2.45) is 5.92 Å². The van der Waals surface area contributed by atoms with E-state index < -0.39 is 17.8 Å². The SMILES string of the molecule is Cc1nc(C)c(C(=O)NC[C@@H](C)C(=O)O)o1. The van der Waals surface area contributed by atoms with Gasteiger partial charge in [-0.25, -0.2) is 4.98 Å². The third-order valence-electron chi connectivity index (χ3n) is 2.10. The van der Waals surface area contributed by atoms with E-state index in [2.05, 4.69) is 10.3 Å². The second-order valence-corrected chi connectivity index (χ2v) is 3.60. The first-order valence-electron chi connectivity index (χ1n) is 4.87. The predicted octanol–water partition coefficient (Wildman–Crippen LogP) is 0.742. The lowest BCUT2D eigenvalue weighted by molar-refractivity contribution is -0.140. The summed E-state index contributed by atoms with van der Waals surface area (Å²) in [4.78, 5) is 26.1. The van der Waals surface area contributed by atoms with Gasteiger partial charge in [-0.15, -0.1) is 0 Å². The molecule has 0 aliphatic carbocycles. The number of carbonyl (C=O) groups is 2. The third-order valence-corrected chi connectivity index (χ3v) is 2.10. The summed E-state index contributed by atoms with van der Waals surface area (Å²) >= 11 is 0. The number of aliphatic carboxylic acids is 1. The van der Waals surface area contributed by atoms with E-state index >= 15 is 0 Å². The number of carboxylic acid groups (broad SMARTS) is 1. The van der Waals surface area contributed by atoms with Crippen molar-refractivity contribution >= 4 is 11.9 Å². The fourth-order valence-electron chi connectivity index (χ4n) is 1.16. The van der Waals surface area contributed by atoms with E-state index in [1.807, 2.05) is 0 Å². The topological polar surface area (TPSA) is 92.4 Å². The van der Waals surface area contributed by atoms with Crippen LogP contribution < -0.4 is 5.32 Å². The molecule has 0 saturated carbocycles. The average Bonchev–Trinajstić information content (AvgIpc) is 2.53. The number of amides is 1. The number of hydrogen-bond acceptors (Lipinski definition) is 4. The molecule has 1 aromatic rings.